The first kappa shape index (κ1) is 14.3. The number of nitrogens with two attached hydrogens (primary N) is 1. The Kier molecular flexibility index (Phi) is 3.57. The Bertz CT molecular complexity index is 592. The predicted octanol–water partition coefficient (Wildman–Crippen LogP) is 2.05. The van der Waals surface area contributed by atoms with Crippen LogP contribution in [0.4, 0.5) is 4.39 Å². The standard InChI is InChI=1S/C13H18FNO3S/c1-19(17,18)10-6-5-9(12(16)11(10)14)13(15)7-3-2-4-8-13/h5-6,16H,2-4,7-8,15H2,1H3. The zero-order valence-corrected chi connectivity index (χ0v) is 11.6. The van der Waals surface area contributed by atoms with Crippen LogP contribution in [0.25, 0.3) is 0 Å². The summed E-state index contributed by atoms with van der Waals surface area (Å²) in [6, 6.07) is 2.61. The summed E-state index contributed by atoms with van der Waals surface area (Å²) in [6.07, 6.45) is 5.15. The Hall–Kier alpha value is -1.14. The molecule has 3 N–H and O–H groups in total. The zero-order chi connectivity index (χ0) is 14.3. The van der Waals surface area contributed by atoms with Crippen molar-refractivity contribution in [3.63, 3.8) is 0 Å². The van der Waals surface area contributed by atoms with Gasteiger partial charge in [0.15, 0.2) is 21.4 Å². The fourth-order valence-electron chi connectivity index (χ4n) is 2.69. The van der Waals surface area contributed by atoms with E-state index in [9.17, 15) is 17.9 Å². The summed E-state index contributed by atoms with van der Waals surface area (Å²) in [5, 5.41) is 9.94. The molecule has 0 saturated heterocycles. The van der Waals surface area contributed by atoms with Crippen LogP contribution in [0.15, 0.2) is 17.0 Å². The minimum Gasteiger partial charge on any atom is -0.505 e. The lowest BCUT2D eigenvalue weighted by atomic mass is 9.77. The number of phenolic OH excluding ortho intramolecular Hbond substituents is 1. The summed E-state index contributed by atoms with van der Waals surface area (Å²) in [6.45, 7) is 0. The molecular weight excluding hydrogens is 269 g/mol. The molecule has 0 radical (unpaired) electrons. The SMILES string of the molecule is CS(=O)(=O)c1ccc(C2(N)CCCCC2)c(O)c1F. The molecular formula is C13H18FNO3S. The highest BCUT2D eigenvalue weighted by molar-refractivity contribution is 7.90. The smallest absolute Gasteiger partial charge is 0.183 e. The zero-order valence-electron chi connectivity index (χ0n) is 10.8. The van der Waals surface area contributed by atoms with Crippen LogP contribution in [0, 0.1) is 5.82 Å². The molecule has 0 amide bonds. The van der Waals surface area contributed by atoms with E-state index in [0.717, 1.165) is 25.5 Å². The minimum atomic E-state index is -3.70. The molecule has 0 aliphatic heterocycles. The van der Waals surface area contributed by atoms with Crippen molar-refractivity contribution in [2.24, 2.45) is 5.73 Å². The topological polar surface area (TPSA) is 80.4 Å². The summed E-state index contributed by atoms with van der Waals surface area (Å²) in [7, 11) is -3.70. The number of aromatic hydroxyl groups is 1. The average Bonchev–Trinajstić information content (AvgIpc) is 2.31. The van der Waals surface area contributed by atoms with Gasteiger partial charge < -0.3 is 10.8 Å². The predicted molar refractivity (Wildman–Crippen MR) is 70.1 cm³/mol. The van der Waals surface area contributed by atoms with Crippen molar-refractivity contribution in [1.82, 2.24) is 0 Å². The van der Waals surface area contributed by atoms with E-state index < -0.39 is 31.8 Å². The number of hydrogen-bond donors (Lipinski definition) is 2. The van der Waals surface area contributed by atoms with Gasteiger partial charge in [-0.05, 0) is 18.9 Å². The molecule has 0 heterocycles. The molecule has 1 aliphatic carbocycles. The number of halogens is 1. The van der Waals surface area contributed by atoms with Gasteiger partial charge in [0.1, 0.15) is 4.90 Å². The van der Waals surface area contributed by atoms with E-state index >= 15 is 0 Å². The molecule has 1 aromatic rings. The van der Waals surface area contributed by atoms with Gasteiger partial charge >= 0.3 is 0 Å². The first-order chi connectivity index (χ1) is 8.76. The van der Waals surface area contributed by atoms with E-state index in [4.69, 9.17) is 5.73 Å². The molecule has 0 spiro atoms. The highest BCUT2D eigenvalue weighted by atomic mass is 32.2. The molecule has 106 valence electrons. The van der Waals surface area contributed by atoms with Crippen LogP contribution in [0.1, 0.15) is 37.7 Å². The molecule has 1 fully saturated rings. The number of sulfone groups is 1. The third-order valence-electron chi connectivity index (χ3n) is 3.76. The van der Waals surface area contributed by atoms with Gasteiger partial charge in [0.05, 0.1) is 0 Å². The van der Waals surface area contributed by atoms with Crippen LogP contribution in [0.5, 0.6) is 5.75 Å². The Morgan fingerprint density at radius 2 is 1.84 bits per heavy atom. The molecule has 1 aromatic carbocycles. The highest BCUT2D eigenvalue weighted by Gasteiger charge is 2.34. The third-order valence-corrected chi connectivity index (χ3v) is 4.88. The van der Waals surface area contributed by atoms with Crippen molar-refractivity contribution in [2.75, 3.05) is 6.26 Å². The number of rotatable bonds is 2. The van der Waals surface area contributed by atoms with E-state index in [1.54, 1.807) is 0 Å². The average molecular weight is 287 g/mol. The Balaban J connectivity index is 2.53. The van der Waals surface area contributed by atoms with Crippen molar-refractivity contribution in [1.29, 1.82) is 0 Å². The van der Waals surface area contributed by atoms with Crippen molar-refractivity contribution in [3.8, 4) is 5.75 Å². The van der Waals surface area contributed by atoms with Gasteiger partial charge in [-0.2, -0.15) is 0 Å². The second kappa shape index (κ2) is 4.76. The van der Waals surface area contributed by atoms with Crippen molar-refractivity contribution < 1.29 is 17.9 Å². The number of hydrogen-bond acceptors (Lipinski definition) is 4. The summed E-state index contributed by atoms with van der Waals surface area (Å²) >= 11 is 0. The molecule has 19 heavy (non-hydrogen) atoms. The molecule has 0 aromatic heterocycles. The first-order valence-electron chi connectivity index (χ1n) is 6.26. The lowest BCUT2D eigenvalue weighted by molar-refractivity contribution is 0.287. The van der Waals surface area contributed by atoms with Crippen LogP contribution in [0.2, 0.25) is 0 Å². The van der Waals surface area contributed by atoms with E-state index in [-0.39, 0.29) is 0 Å². The maximum Gasteiger partial charge on any atom is 0.183 e. The maximum atomic E-state index is 14.0. The van der Waals surface area contributed by atoms with Crippen LogP contribution >= 0.6 is 0 Å². The van der Waals surface area contributed by atoms with E-state index in [1.165, 1.54) is 12.1 Å². The fraction of sp³-hybridized carbons (Fsp3) is 0.538. The monoisotopic (exact) mass is 287 g/mol. The van der Waals surface area contributed by atoms with Gasteiger partial charge in [-0.25, -0.2) is 12.8 Å². The molecule has 2 rings (SSSR count). The third kappa shape index (κ3) is 2.60. The minimum absolute atomic E-state index is 0.303. The van der Waals surface area contributed by atoms with Gasteiger partial charge in [-0.3, -0.25) is 0 Å². The fourth-order valence-corrected chi connectivity index (χ4v) is 3.42. The molecule has 6 heteroatoms. The summed E-state index contributed by atoms with van der Waals surface area (Å²) in [5.41, 5.74) is 5.77. The van der Waals surface area contributed by atoms with Crippen LogP contribution in [-0.4, -0.2) is 19.8 Å². The maximum absolute atomic E-state index is 14.0. The van der Waals surface area contributed by atoms with Crippen LogP contribution in [0.3, 0.4) is 0 Å². The molecule has 1 aliphatic rings. The Morgan fingerprint density at radius 1 is 1.26 bits per heavy atom. The number of benzene rings is 1. The summed E-state index contributed by atoms with van der Waals surface area (Å²) in [5.74, 6) is -1.73. The van der Waals surface area contributed by atoms with E-state index in [0.29, 0.717) is 18.4 Å². The second-order valence-electron chi connectivity index (χ2n) is 5.26. The summed E-state index contributed by atoms with van der Waals surface area (Å²) < 4.78 is 36.8. The van der Waals surface area contributed by atoms with Crippen molar-refractivity contribution in [2.45, 2.75) is 42.5 Å². The van der Waals surface area contributed by atoms with Crippen LogP contribution < -0.4 is 5.73 Å². The Labute approximate surface area is 112 Å². The van der Waals surface area contributed by atoms with Gasteiger partial charge in [0.2, 0.25) is 0 Å². The normalized spacial score (nSPS) is 19.3. The van der Waals surface area contributed by atoms with Gasteiger partial charge in [0, 0.05) is 17.4 Å². The quantitative estimate of drug-likeness (QED) is 0.872. The van der Waals surface area contributed by atoms with Crippen LogP contribution in [-0.2, 0) is 15.4 Å². The van der Waals surface area contributed by atoms with Gasteiger partial charge in [-0.1, -0.05) is 25.3 Å². The molecule has 4 nitrogen and oxygen atoms in total. The van der Waals surface area contributed by atoms with Gasteiger partial charge in [0.25, 0.3) is 0 Å². The van der Waals surface area contributed by atoms with Crippen molar-refractivity contribution >= 4 is 9.84 Å². The highest BCUT2D eigenvalue weighted by Crippen LogP contribution is 2.41. The number of phenols is 1. The molecule has 0 atom stereocenters. The second-order valence-corrected chi connectivity index (χ2v) is 7.25. The molecule has 1 saturated carbocycles. The van der Waals surface area contributed by atoms with Gasteiger partial charge in [-0.15, -0.1) is 0 Å². The molecule has 0 bridgehead atoms. The molecule has 0 unspecified atom stereocenters. The van der Waals surface area contributed by atoms with E-state index in [2.05, 4.69) is 0 Å². The summed E-state index contributed by atoms with van der Waals surface area (Å²) in [4.78, 5) is -0.492. The van der Waals surface area contributed by atoms with E-state index in [1.807, 2.05) is 0 Å². The Morgan fingerprint density at radius 3 is 2.37 bits per heavy atom. The lowest BCUT2D eigenvalue weighted by Crippen LogP contribution is -2.38. The largest absolute Gasteiger partial charge is 0.505 e. The lowest BCUT2D eigenvalue weighted by Gasteiger charge is -2.34. The first-order valence-corrected chi connectivity index (χ1v) is 8.16. The van der Waals surface area contributed by atoms with Crippen molar-refractivity contribution in [3.05, 3.63) is 23.5 Å².